The van der Waals surface area contributed by atoms with E-state index in [1.54, 1.807) is 11.0 Å². The molecule has 2 heterocycles. The van der Waals surface area contributed by atoms with Crippen LogP contribution in [-0.2, 0) is 7.05 Å². The summed E-state index contributed by atoms with van der Waals surface area (Å²) in [5.41, 5.74) is 0. The lowest BCUT2D eigenvalue weighted by Gasteiger charge is -1.90. The third-order valence-corrected chi connectivity index (χ3v) is 2.35. The van der Waals surface area contributed by atoms with Gasteiger partial charge in [-0.3, -0.25) is 0 Å². The van der Waals surface area contributed by atoms with E-state index in [9.17, 15) is 0 Å². The molecule has 0 radical (unpaired) electrons. The maximum absolute atomic E-state index is 4.12. The summed E-state index contributed by atoms with van der Waals surface area (Å²) in [4.78, 5) is 5.79. The second kappa shape index (κ2) is 2.63. The van der Waals surface area contributed by atoms with Crippen molar-refractivity contribution in [3.05, 3.63) is 17.4 Å². The van der Waals surface area contributed by atoms with Crippen LogP contribution in [0.15, 0.2) is 11.6 Å². The van der Waals surface area contributed by atoms with E-state index in [2.05, 4.69) is 15.3 Å². The standard InChI is InChI=1S/C6H8N5S/c1-5-8-9-11(10(5)2)6-7-3-4-12-6/h3-4H,1-2H3/q+1. The van der Waals surface area contributed by atoms with E-state index >= 15 is 0 Å². The van der Waals surface area contributed by atoms with E-state index in [1.807, 2.05) is 24.0 Å². The molecule has 0 saturated carbocycles. The molecule has 0 aromatic carbocycles. The predicted molar refractivity (Wildman–Crippen MR) is 42.9 cm³/mol. The quantitative estimate of drug-likeness (QED) is 0.576. The summed E-state index contributed by atoms with van der Waals surface area (Å²) in [5.74, 6) is 0.866. The summed E-state index contributed by atoms with van der Waals surface area (Å²) >= 11 is 1.53. The molecule has 0 saturated heterocycles. The van der Waals surface area contributed by atoms with Crippen molar-refractivity contribution in [2.24, 2.45) is 7.05 Å². The van der Waals surface area contributed by atoms with Gasteiger partial charge in [-0.2, -0.15) is 4.68 Å². The van der Waals surface area contributed by atoms with E-state index in [4.69, 9.17) is 0 Å². The molecular formula is C6H8N5S+. The third-order valence-electron chi connectivity index (χ3n) is 1.62. The molecule has 2 aromatic heterocycles. The van der Waals surface area contributed by atoms with Crippen molar-refractivity contribution in [2.75, 3.05) is 0 Å². The highest BCUT2D eigenvalue weighted by atomic mass is 32.1. The summed E-state index contributed by atoms with van der Waals surface area (Å²) in [6, 6.07) is 0. The number of aromatic nitrogens is 5. The highest BCUT2D eigenvalue weighted by molar-refractivity contribution is 7.12. The summed E-state index contributed by atoms with van der Waals surface area (Å²) < 4.78 is 1.85. The minimum Gasteiger partial charge on any atom is -0.223 e. The van der Waals surface area contributed by atoms with Crippen molar-refractivity contribution in [2.45, 2.75) is 6.92 Å². The number of hydrogen-bond donors (Lipinski definition) is 0. The van der Waals surface area contributed by atoms with Gasteiger partial charge in [0.25, 0.3) is 11.0 Å². The van der Waals surface area contributed by atoms with Gasteiger partial charge in [0.15, 0.2) is 5.21 Å². The van der Waals surface area contributed by atoms with E-state index in [0.717, 1.165) is 11.0 Å². The van der Waals surface area contributed by atoms with Crippen LogP contribution in [0.3, 0.4) is 0 Å². The second-order valence-electron chi connectivity index (χ2n) is 2.36. The highest BCUT2D eigenvalue weighted by Gasteiger charge is 2.15. The van der Waals surface area contributed by atoms with Gasteiger partial charge in [0.2, 0.25) is 0 Å². The molecule has 62 valence electrons. The van der Waals surface area contributed by atoms with Gasteiger partial charge in [-0.25, -0.2) is 4.98 Å². The van der Waals surface area contributed by atoms with Crippen molar-refractivity contribution < 1.29 is 4.68 Å². The van der Waals surface area contributed by atoms with Crippen LogP contribution >= 0.6 is 11.3 Å². The fourth-order valence-corrected chi connectivity index (χ4v) is 1.47. The van der Waals surface area contributed by atoms with Crippen molar-refractivity contribution in [3.63, 3.8) is 0 Å². The first-order valence-electron chi connectivity index (χ1n) is 3.47. The van der Waals surface area contributed by atoms with Crippen LogP contribution in [0.4, 0.5) is 0 Å². The molecule has 0 bridgehead atoms. The lowest BCUT2D eigenvalue weighted by atomic mass is 10.7. The number of thiazole rings is 1. The Morgan fingerprint density at radius 1 is 1.58 bits per heavy atom. The highest BCUT2D eigenvalue weighted by Crippen LogP contribution is 2.05. The average molecular weight is 182 g/mol. The lowest BCUT2D eigenvalue weighted by Crippen LogP contribution is -2.40. The third kappa shape index (κ3) is 1.00. The first-order valence-corrected chi connectivity index (χ1v) is 4.35. The molecule has 0 fully saturated rings. The van der Waals surface area contributed by atoms with E-state index in [-0.39, 0.29) is 0 Å². The van der Waals surface area contributed by atoms with Crippen LogP contribution in [0.25, 0.3) is 5.13 Å². The summed E-state index contributed by atoms with van der Waals surface area (Å²) in [6.07, 6.45) is 1.75. The zero-order valence-electron chi connectivity index (χ0n) is 6.80. The predicted octanol–water partition coefficient (Wildman–Crippen LogP) is -0.143. The Bertz CT molecular complexity index is 377. The number of hydrogen-bond acceptors (Lipinski definition) is 4. The van der Waals surface area contributed by atoms with Crippen molar-refractivity contribution >= 4 is 11.3 Å². The lowest BCUT2D eigenvalue weighted by molar-refractivity contribution is -0.754. The van der Waals surface area contributed by atoms with Gasteiger partial charge in [0, 0.05) is 23.3 Å². The van der Waals surface area contributed by atoms with Gasteiger partial charge >= 0.3 is 0 Å². The number of aryl methyl sites for hydroxylation is 1. The van der Waals surface area contributed by atoms with Crippen LogP contribution in [0, 0.1) is 6.92 Å². The first-order chi connectivity index (χ1) is 5.79. The molecule has 0 aliphatic carbocycles. The Kier molecular flexibility index (Phi) is 1.61. The van der Waals surface area contributed by atoms with Gasteiger partial charge in [-0.1, -0.05) is 11.3 Å². The molecule has 0 unspecified atom stereocenters. The molecular weight excluding hydrogens is 174 g/mol. The van der Waals surface area contributed by atoms with E-state index < -0.39 is 0 Å². The molecule has 12 heavy (non-hydrogen) atoms. The van der Waals surface area contributed by atoms with Crippen LogP contribution in [-0.4, -0.2) is 20.1 Å². The SMILES string of the molecule is Cc1nnn(-c2nccs2)[n+]1C. The number of tetrazole rings is 1. The van der Waals surface area contributed by atoms with Gasteiger partial charge < -0.3 is 0 Å². The van der Waals surface area contributed by atoms with E-state index in [0.29, 0.717) is 0 Å². The van der Waals surface area contributed by atoms with Gasteiger partial charge in [-0.05, 0) is 0 Å². The Morgan fingerprint density at radius 3 is 2.92 bits per heavy atom. The largest absolute Gasteiger partial charge is 0.297 e. The average Bonchev–Trinajstić information content (AvgIpc) is 2.64. The Labute approximate surface area is 73.3 Å². The topological polar surface area (TPSA) is 47.5 Å². The molecule has 2 aromatic rings. The second-order valence-corrected chi connectivity index (χ2v) is 3.24. The van der Waals surface area contributed by atoms with Crippen molar-refractivity contribution in [1.29, 1.82) is 0 Å². The number of rotatable bonds is 1. The van der Waals surface area contributed by atoms with Crippen molar-refractivity contribution in [1.82, 2.24) is 20.1 Å². The van der Waals surface area contributed by atoms with Crippen LogP contribution in [0.2, 0.25) is 0 Å². The molecule has 6 heteroatoms. The molecule has 0 amide bonds. The Balaban J connectivity index is 2.55. The van der Waals surface area contributed by atoms with Gasteiger partial charge in [-0.15, -0.1) is 0 Å². The van der Waals surface area contributed by atoms with Gasteiger partial charge in [0.05, 0.1) is 7.05 Å². The molecule has 0 aliphatic rings. The zero-order valence-corrected chi connectivity index (χ0v) is 7.62. The molecule has 2 rings (SSSR count). The van der Waals surface area contributed by atoms with Gasteiger partial charge in [0.1, 0.15) is 5.10 Å². The molecule has 0 N–H and O–H groups in total. The normalized spacial score (nSPS) is 10.5. The maximum Gasteiger partial charge on any atom is 0.297 e. The monoisotopic (exact) mass is 182 g/mol. The van der Waals surface area contributed by atoms with Crippen LogP contribution in [0.5, 0.6) is 0 Å². The maximum atomic E-state index is 4.12. The molecule has 0 atom stereocenters. The minimum atomic E-state index is 0.832. The zero-order chi connectivity index (χ0) is 8.55. The smallest absolute Gasteiger partial charge is 0.223 e. The van der Waals surface area contributed by atoms with Crippen LogP contribution < -0.4 is 4.68 Å². The minimum absolute atomic E-state index is 0.832. The molecule has 0 spiro atoms. The number of nitrogens with zero attached hydrogens (tertiary/aromatic N) is 5. The van der Waals surface area contributed by atoms with Crippen molar-refractivity contribution in [3.8, 4) is 5.13 Å². The molecule has 5 nitrogen and oxygen atoms in total. The van der Waals surface area contributed by atoms with E-state index in [1.165, 1.54) is 11.3 Å². The fourth-order valence-electron chi connectivity index (χ4n) is 0.850. The first kappa shape index (κ1) is 7.35. The fraction of sp³-hybridized carbons (Fsp3) is 0.333. The summed E-state index contributed by atoms with van der Waals surface area (Å²) in [7, 11) is 1.90. The summed E-state index contributed by atoms with van der Waals surface area (Å²) in [6.45, 7) is 1.90. The Hall–Kier alpha value is -1.30. The summed E-state index contributed by atoms with van der Waals surface area (Å²) in [5, 5.41) is 10.6. The molecule has 0 aliphatic heterocycles. The Morgan fingerprint density at radius 2 is 2.42 bits per heavy atom. The van der Waals surface area contributed by atoms with Crippen LogP contribution in [0.1, 0.15) is 5.82 Å².